The first-order valence-corrected chi connectivity index (χ1v) is 6.30. The van der Waals surface area contributed by atoms with E-state index in [-0.39, 0.29) is 5.92 Å². The normalized spacial score (nSPS) is 11.9. The summed E-state index contributed by atoms with van der Waals surface area (Å²) in [5.41, 5.74) is 1.60. The Balaban J connectivity index is 2.41. The van der Waals surface area contributed by atoms with E-state index < -0.39 is 11.7 Å². The molecule has 0 radical (unpaired) electrons. The summed E-state index contributed by atoms with van der Waals surface area (Å²) in [5.74, 6) is 0.701. The fourth-order valence-corrected chi connectivity index (χ4v) is 1.83. The van der Waals surface area contributed by atoms with E-state index in [9.17, 15) is 13.2 Å². The molecule has 0 aliphatic heterocycles. The van der Waals surface area contributed by atoms with Gasteiger partial charge >= 0.3 is 6.18 Å². The van der Waals surface area contributed by atoms with Gasteiger partial charge in [-0.05, 0) is 31.0 Å². The number of rotatable bonds is 2. The third-order valence-corrected chi connectivity index (χ3v) is 2.94. The van der Waals surface area contributed by atoms with Gasteiger partial charge in [0.25, 0.3) is 0 Å². The van der Waals surface area contributed by atoms with E-state index in [2.05, 4.69) is 9.97 Å². The first-order chi connectivity index (χ1) is 9.27. The van der Waals surface area contributed by atoms with Gasteiger partial charge in [-0.3, -0.25) is 0 Å². The zero-order chi connectivity index (χ0) is 14.9. The van der Waals surface area contributed by atoms with Gasteiger partial charge in [0.1, 0.15) is 0 Å². The molecule has 1 aromatic heterocycles. The van der Waals surface area contributed by atoms with Crippen molar-refractivity contribution in [3.8, 4) is 11.4 Å². The van der Waals surface area contributed by atoms with Crippen LogP contribution in [0.15, 0.2) is 30.3 Å². The van der Waals surface area contributed by atoms with Crippen molar-refractivity contribution in [2.75, 3.05) is 0 Å². The predicted octanol–water partition coefficient (Wildman–Crippen LogP) is 4.59. The second-order valence-corrected chi connectivity index (χ2v) is 4.99. The number of aryl methyl sites for hydroxylation is 1. The Kier molecular flexibility index (Phi) is 3.79. The minimum Gasteiger partial charge on any atom is -0.233 e. The molecule has 20 heavy (non-hydrogen) atoms. The van der Waals surface area contributed by atoms with Crippen molar-refractivity contribution >= 4 is 0 Å². The molecule has 0 saturated heterocycles. The van der Waals surface area contributed by atoms with Gasteiger partial charge in [0.05, 0.1) is 5.56 Å². The van der Waals surface area contributed by atoms with E-state index in [0.717, 1.165) is 23.5 Å². The quantitative estimate of drug-likeness (QED) is 0.803. The fraction of sp³-hybridized carbons (Fsp3) is 0.333. The van der Waals surface area contributed by atoms with E-state index in [1.54, 1.807) is 0 Å². The van der Waals surface area contributed by atoms with Crippen molar-refractivity contribution < 1.29 is 13.2 Å². The summed E-state index contributed by atoms with van der Waals surface area (Å²) < 4.78 is 37.6. The first-order valence-electron chi connectivity index (χ1n) is 6.30. The van der Waals surface area contributed by atoms with Crippen molar-refractivity contribution in [2.24, 2.45) is 0 Å². The van der Waals surface area contributed by atoms with Gasteiger partial charge in [0, 0.05) is 17.0 Å². The van der Waals surface area contributed by atoms with Crippen LogP contribution in [0.2, 0.25) is 0 Å². The van der Waals surface area contributed by atoms with Crippen LogP contribution in [-0.2, 0) is 6.18 Å². The molecular weight excluding hydrogens is 265 g/mol. The van der Waals surface area contributed by atoms with Crippen LogP contribution in [0.5, 0.6) is 0 Å². The van der Waals surface area contributed by atoms with Crippen LogP contribution < -0.4 is 0 Å². The molecule has 0 fully saturated rings. The summed E-state index contributed by atoms with van der Waals surface area (Å²) in [7, 11) is 0. The minimum absolute atomic E-state index is 0.241. The molecule has 1 heterocycles. The highest BCUT2D eigenvalue weighted by atomic mass is 19.4. The van der Waals surface area contributed by atoms with Crippen molar-refractivity contribution in [3.05, 3.63) is 47.3 Å². The van der Waals surface area contributed by atoms with Crippen LogP contribution in [0.3, 0.4) is 0 Å². The predicted molar refractivity (Wildman–Crippen MR) is 71.3 cm³/mol. The van der Waals surface area contributed by atoms with E-state index in [1.807, 2.05) is 26.8 Å². The molecule has 0 aliphatic rings. The lowest BCUT2D eigenvalue weighted by Crippen LogP contribution is -2.04. The molecular formula is C15H15F3N2. The van der Waals surface area contributed by atoms with Gasteiger partial charge < -0.3 is 0 Å². The van der Waals surface area contributed by atoms with Crippen molar-refractivity contribution in [1.29, 1.82) is 0 Å². The summed E-state index contributed by atoms with van der Waals surface area (Å²) in [6, 6.07) is 6.80. The number of benzene rings is 1. The van der Waals surface area contributed by atoms with E-state index in [1.165, 1.54) is 12.1 Å². The number of aromatic nitrogens is 2. The summed E-state index contributed by atoms with van der Waals surface area (Å²) >= 11 is 0. The van der Waals surface area contributed by atoms with Gasteiger partial charge in [0.2, 0.25) is 0 Å². The molecule has 2 nitrogen and oxygen atoms in total. The Morgan fingerprint density at radius 3 is 2.10 bits per heavy atom. The van der Waals surface area contributed by atoms with Gasteiger partial charge in [-0.15, -0.1) is 0 Å². The monoisotopic (exact) mass is 280 g/mol. The molecule has 2 aromatic rings. The fourth-order valence-electron chi connectivity index (χ4n) is 1.83. The average molecular weight is 280 g/mol. The SMILES string of the molecule is Cc1cc(C(C)C)nc(-c2ccc(C(F)(F)F)cc2)n1. The number of hydrogen-bond acceptors (Lipinski definition) is 2. The van der Waals surface area contributed by atoms with Crippen LogP contribution in [0.1, 0.15) is 36.7 Å². The minimum atomic E-state index is -4.32. The Morgan fingerprint density at radius 2 is 1.60 bits per heavy atom. The van der Waals surface area contributed by atoms with Crippen molar-refractivity contribution in [2.45, 2.75) is 32.9 Å². The molecule has 0 aliphatic carbocycles. The average Bonchev–Trinajstić information content (AvgIpc) is 2.37. The highest BCUT2D eigenvalue weighted by Gasteiger charge is 2.30. The van der Waals surface area contributed by atoms with Gasteiger partial charge in [-0.2, -0.15) is 13.2 Å². The highest BCUT2D eigenvalue weighted by molar-refractivity contribution is 5.56. The second-order valence-electron chi connectivity index (χ2n) is 4.99. The van der Waals surface area contributed by atoms with E-state index >= 15 is 0 Å². The van der Waals surface area contributed by atoms with Crippen molar-refractivity contribution in [1.82, 2.24) is 9.97 Å². The molecule has 2 rings (SSSR count). The maximum absolute atomic E-state index is 12.5. The molecule has 0 bridgehead atoms. The zero-order valence-corrected chi connectivity index (χ0v) is 11.5. The first kappa shape index (κ1) is 14.5. The van der Waals surface area contributed by atoms with Crippen LogP contribution in [0.4, 0.5) is 13.2 Å². The Labute approximate surface area is 115 Å². The summed E-state index contributed by atoms with van der Waals surface area (Å²) in [6.07, 6.45) is -4.32. The molecule has 0 atom stereocenters. The third-order valence-electron chi connectivity index (χ3n) is 2.94. The molecule has 106 valence electrons. The molecule has 1 aromatic carbocycles. The van der Waals surface area contributed by atoms with Gasteiger partial charge in [-0.1, -0.05) is 26.0 Å². The Morgan fingerprint density at radius 1 is 1.00 bits per heavy atom. The number of halogens is 3. The topological polar surface area (TPSA) is 25.8 Å². The lowest BCUT2D eigenvalue weighted by Gasteiger charge is -2.10. The number of hydrogen-bond donors (Lipinski definition) is 0. The second kappa shape index (κ2) is 5.23. The van der Waals surface area contributed by atoms with Gasteiger partial charge in [0.15, 0.2) is 5.82 Å². The summed E-state index contributed by atoms with van der Waals surface area (Å²) in [4.78, 5) is 8.69. The Hall–Kier alpha value is -1.91. The smallest absolute Gasteiger partial charge is 0.233 e. The van der Waals surface area contributed by atoms with Gasteiger partial charge in [-0.25, -0.2) is 9.97 Å². The number of nitrogens with zero attached hydrogens (tertiary/aromatic N) is 2. The third kappa shape index (κ3) is 3.15. The maximum atomic E-state index is 12.5. The molecule has 5 heteroatoms. The zero-order valence-electron chi connectivity index (χ0n) is 11.5. The highest BCUT2D eigenvalue weighted by Crippen LogP contribution is 2.30. The molecule has 0 amide bonds. The molecule has 0 saturated carbocycles. The summed E-state index contributed by atoms with van der Waals surface area (Å²) in [5, 5.41) is 0. The van der Waals surface area contributed by atoms with Crippen molar-refractivity contribution in [3.63, 3.8) is 0 Å². The van der Waals surface area contributed by atoms with Crippen LogP contribution in [-0.4, -0.2) is 9.97 Å². The molecule has 0 spiro atoms. The van der Waals surface area contributed by atoms with Crippen LogP contribution >= 0.6 is 0 Å². The summed E-state index contributed by atoms with van der Waals surface area (Å²) in [6.45, 7) is 5.87. The standard InChI is InChI=1S/C15H15F3N2/c1-9(2)13-8-10(3)19-14(20-13)11-4-6-12(7-5-11)15(16,17)18/h4-9H,1-3H3. The van der Waals surface area contributed by atoms with E-state index in [4.69, 9.17) is 0 Å². The maximum Gasteiger partial charge on any atom is 0.416 e. The van der Waals surface area contributed by atoms with Crippen LogP contribution in [0.25, 0.3) is 11.4 Å². The van der Waals surface area contributed by atoms with E-state index in [0.29, 0.717) is 11.4 Å². The lowest BCUT2D eigenvalue weighted by molar-refractivity contribution is -0.137. The van der Waals surface area contributed by atoms with Crippen LogP contribution in [0, 0.1) is 6.92 Å². The number of alkyl halides is 3. The lowest BCUT2D eigenvalue weighted by atomic mass is 10.1. The Bertz CT molecular complexity index is 602. The largest absolute Gasteiger partial charge is 0.416 e. The molecule has 0 N–H and O–H groups in total. The molecule has 0 unspecified atom stereocenters.